The number of benzene rings is 2. The number of ether oxygens (including phenoxy) is 1. The number of halogens is 3. The minimum absolute atomic E-state index is 0.0902. The first-order chi connectivity index (χ1) is 20.6. The molecule has 0 aliphatic rings. The molecule has 14 heteroatoms. The lowest BCUT2D eigenvalue weighted by atomic mass is 9.94. The molecule has 3 N–H and O–H groups in total. The average molecular weight is 665 g/mol. The fourth-order valence-electron chi connectivity index (χ4n) is 5.12. The standard InChI is InChI=1S/C30H35ClF2N6O3S2/c1-38-28-22(6-7-24(31)26(28)29(36-38)37-44(5,40)41)23-15-19-8-9-39(17-42-10-11-43(2,3)4)30(19)35-27(23)25(34)14-18-12-20(32)16-21(33)13-18/h6-9,12-13,15-16,25H,10-11,14,17,34H2,1-5H3,(H,36,37). The van der Waals surface area contributed by atoms with E-state index in [9.17, 15) is 17.2 Å². The summed E-state index contributed by atoms with van der Waals surface area (Å²) in [6.45, 7) is 0.907. The molecule has 9 nitrogen and oxygen atoms in total. The Morgan fingerprint density at radius 1 is 1.05 bits per heavy atom. The Kier molecular flexibility index (Phi) is 8.98. The van der Waals surface area contributed by atoms with Gasteiger partial charge in [0.05, 0.1) is 40.5 Å². The van der Waals surface area contributed by atoms with Gasteiger partial charge in [-0.25, -0.2) is 32.2 Å². The topological polar surface area (TPSA) is 117 Å². The van der Waals surface area contributed by atoms with Crippen LogP contribution in [0.5, 0.6) is 0 Å². The number of nitrogens with two attached hydrogens (primary N) is 1. The van der Waals surface area contributed by atoms with Crippen molar-refractivity contribution in [1.82, 2.24) is 19.3 Å². The van der Waals surface area contributed by atoms with E-state index in [1.54, 1.807) is 23.9 Å². The van der Waals surface area contributed by atoms with Gasteiger partial charge in [0.25, 0.3) is 0 Å². The van der Waals surface area contributed by atoms with Crippen LogP contribution in [0.3, 0.4) is 0 Å². The summed E-state index contributed by atoms with van der Waals surface area (Å²) < 4.78 is 64.1. The Bertz CT molecular complexity index is 1950. The molecule has 0 spiro atoms. The molecule has 0 saturated heterocycles. The van der Waals surface area contributed by atoms with Crippen molar-refractivity contribution in [3.05, 3.63) is 76.6 Å². The molecule has 5 aromatic rings. The van der Waals surface area contributed by atoms with Crippen LogP contribution in [0.25, 0.3) is 33.1 Å². The highest BCUT2D eigenvalue weighted by Crippen LogP contribution is 2.40. The molecular formula is C30H35ClF2N6O3S2. The van der Waals surface area contributed by atoms with Gasteiger partial charge in [0.1, 0.15) is 24.0 Å². The molecule has 1 atom stereocenters. The number of aryl methyl sites for hydroxylation is 1. The van der Waals surface area contributed by atoms with Crippen molar-refractivity contribution in [2.45, 2.75) is 19.2 Å². The van der Waals surface area contributed by atoms with Crippen LogP contribution in [0, 0.1) is 11.6 Å². The van der Waals surface area contributed by atoms with Crippen molar-refractivity contribution in [3.63, 3.8) is 0 Å². The fourth-order valence-corrected chi connectivity index (χ4v) is 6.48. The van der Waals surface area contributed by atoms with E-state index in [-0.39, 0.29) is 12.2 Å². The second-order valence-electron chi connectivity index (χ2n) is 11.7. The predicted octanol–water partition coefficient (Wildman–Crippen LogP) is 5.80. The number of pyridine rings is 1. The summed E-state index contributed by atoms with van der Waals surface area (Å²) in [4.78, 5) is 5.01. The Hall–Kier alpha value is -3.23. The molecule has 1 unspecified atom stereocenters. The van der Waals surface area contributed by atoms with Crippen molar-refractivity contribution < 1.29 is 21.9 Å². The fraction of sp³-hybridized carbons (Fsp3) is 0.333. The number of hydrogen-bond acceptors (Lipinski definition) is 6. The summed E-state index contributed by atoms with van der Waals surface area (Å²) in [5.41, 5.74) is 10.1. The first kappa shape index (κ1) is 32.2. The summed E-state index contributed by atoms with van der Waals surface area (Å²) in [6.07, 6.45) is 9.73. The maximum Gasteiger partial charge on any atom is 0.231 e. The van der Waals surface area contributed by atoms with Crippen LogP contribution in [-0.2, 0) is 35.0 Å². The van der Waals surface area contributed by atoms with Gasteiger partial charge in [-0.1, -0.05) is 17.7 Å². The SMILES string of the molecule is Cn1nc(NS(C)(=O)=O)c2c(Cl)ccc(-c3cc4ccn(COCCS(C)(C)C)c4nc3C(N)Cc3cc(F)cc(F)c3)c21. The van der Waals surface area contributed by atoms with E-state index in [0.29, 0.717) is 57.3 Å². The normalized spacial score (nSPS) is 13.6. The van der Waals surface area contributed by atoms with Gasteiger partial charge in [-0.05, 0) is 61.1 Å². The molecule has 236 valence electrons. The zero-order valence-electron chi connectivity index (χ0n) is 25.1. The Morgan fingerprint density at radius 2 is 1.75 bits per heavy atom. The highest BCUT2D eigenvalue weighted by molar-refractivity contribution is 8.32. The lowest BCUT2D eigenvalue weighted by molar-refractivity contribution is 0.0923. The van der Waals surface area contributed by atoms with Crippen molar-refractivity contribution in [1.29, 1.82) is 0 Å². The lowest BCUT2D eigenvalue weighted by Crippen LogP contribution is -2.17. The maximum atomic E-state index is 14.1. The van der Waals surface area contributed by atoms with Gasteiger partial charge in [-0.3, -0.25) is 9.40 Å². The molecule has 3 heterocycles. The molecule has 0 saturated carbocycles. The number of sulfonamides is 1. The van der Waals surface area contributed by atoms with E-state index >= 15 is 0 Å². The smallest absolute Gasteiger partial charge is 0.231 e. The molecule has 44 heavy (non-hydrogen) atoms. The van der Waals surface area contributed by atoms with E-state index in [4.69, 9.17) is 27.1 Å². The first-order valence-electron chi connectivity index (χ1n) is 13.7. The molecule has 0 aliphatic heterocycles. The average Bonchev–Trinajstić information content (AvgIpc) is 3.44. The molecule has 0 amide bonds. The van der Waals surface area contributed by atoms with Gasteiger partial charge in [0.2, 0.25) is 10.0 Å². The summed E-state index contributed by atoms with van der Waals surface area (Å²) in [5.74, 6) is -0.331. The highest BCUT2D eigenvalue weighted by atomic mass is 35.5. The molecule has 2 aromatic carbocycles. The van der Waals surface area contributed by atoms with Gasteiger partial charge in [-0.2, -0.15) is 5.10 Å². The quantitative estimate of drug-likeness (QED) is 0.172. The molecule has 5 rings (SSSR count). The second kappa shape index (κ2) is 12.3. The molecule has 0 fully saturated rings. The van der Waals surface area contributed by atoms with Crippen LogP contribution in [0.4, 0.5) is 14.6 Å². The number of hydrogen-bond donors (Lipinski definition) is 2. The third kappa shape index (κ3) is 7.18. The van der Waals surface area contributed by atoms with E-state index in [2.05, 4.69) is 28.6 Å². The maximum absolute atomic E-state index is 14.1. The van der Waals surface area contributed by atoms with Crippen molar-refractivity contribution in [2.24, 2.45) is 12.8 Å². The first-order valence-corrected chi connectivity index (χ1v) is 19.0. The Labute approximate surface area is 261 Å². The van der Waals surface area contributed by atoms with Gasteiger partial charge in [0, 0.05) is 41.6 Å². The second-order valence-corrected chi connectivity index (χ2v) is 18.5. The highest BCUT2D eigenvalue weighted by Gasteiger charge is 2.24. The zero-order valence-corrected chi connectivity index (χ0v) is 27.5. The Balaban J connectivity index is 1.65. The van der Waals surface area contributed by atoms with Gasteiger partial charge < -0.3 is 15.0 Å². The number of aromatic nitrogens is 4. The lowest BCUT2D eigenvalue weighted by Gasteiger charge is -2.24. The zero-order chi connectivity index (χ0) is 32.0. The summed E-state index contributed by atoms with van der Waals surface area (Å²) in [7, 11) is -2.67. The Morgan fingerprint density at radius 3 is 2.41 bits per heavy atom. The van der Waals surface area contributed by atoms with Gasteiger partial charge >= 0.3 is 0 Å². The van der Waals surface area contributed by atoms with Gasteiger partial charge in [0.15, 0.2) is 5.82 Å². The minimum atomic E-state index is -3.65. The van der Waals surface area contributed by atoms with Crippen molar-refractivity contribution >= 4 is 59.4 Å². The third-order valence-electron chi connectivity index (χ3n) is 7.08. The van der Waals surface area contributed by atoms with Crippen LogP contribution in [0.1, 0.15) is 17.3 Å². The number of anilines is 1. The van der Waals surface area contributed by atoms with Crippen molar-refractivity contribution in [3.8, 4) is 11.1 Å². The molecular weight excluding hydrogens is 630 g/mol. The minimum Gasteiger partial charge on any atom is -0.360 e. The van der Waals surface area contributed by atoms with E-state index in [1.807, 2.05) is 22.9 Å². The van der Waals surface area contributed by atoms with Crippen molar-refractivity contribution in [2.75, 3.05) is 42.1 Å². The predicted molar refractivity (Wildman–Crippen MR) is 176 cm³/mol. The molecule has 0 bridgehead atoms. The number of rotatable bonds is 11. The van der Waals surface area contributed by atoms with Gasteiger partial charge in [-0.15, -0.1) is 0 Å². The molecule has 0 aliphatic carbocycles. The number of nitrogens with zero attached hydrogens (tertiary/aromatic N) is 4. The largest absolute Gasteiger partial charge is 0.360 e. The third-order valence-corrected chi connectivity index (χ3v) is 9.35. The monoisotopic (exact) mass is 664 g/mol. The van der Waals surface area contributed by atoms with Crippen LogP contribution in [0.2, 0.25) is 5.02 Å². The van der Waals surface area contributed by atoms with Crippen LogP contribution < -0.4 is 10.5 Å². The summed E-state index contributed by atoms with van der Waals surface area (Å²) in [6, 6.07) is 9.87. The summed E-state index contributed by atoms with van der Waals surface area (Å²) in [5, 5.41) is 5.93. The van der Waals surface area contributed by atoms with E-state index < -0.39 is 37.7 Å². The van der Waals surface area contributed by atoms with E-state index in [1.165, 1.54) is 12.1 Å². The molecule has 3 aromatic heterocycles. The number of fused-ring (bicyclic) bond motifs is 2. The number of nitrogens with one attached hydrogen (secondary N) is 1. The van der Waals surface area contributed by atoms with Crippen LogP contribution in [-0.4, -0.2) is 65.1 Å². The van der Waals surface area contributed by atoms with Crippen LogP contribution in [0.15, 0.2) is 48.7 Å². The van der Waals surface area contributed by atoms with E-state index in [0.717, 1.165) is 23.5 Å². The van der Waals surface area contributed by atoms with Crippen LogP contribution >= 0.6 is 21.6 Å². The molecule has 0 radical (unpaired) electrons. The summed E-state index contributed by atoms with van der Waals surface area (Å²) >= 11 is 6.57.